The molecule has 3 rings (SSSR count). The summed E-state index contributed by atoms with van der Waals surface area (Å²) in [6.07, 6.45) is 1.04. The minimum atomic E-state index is -0.415. The number of imidazole rings is 1. The highest BCUT2D eigenvalue weighted by Crippen LogP contribution is 2.18. The van der Waals surface area contributed by atoms with E-state index in [4.69, 9.17) is 4.74 Å². The number of hydrogen-bond donors (Lipinski definition) is 1. The zero-order valence-corrected chi connectivity index (χ0v) is 10.5. The molecule has 6 heteroatoms. The number of rotatable bonds is 3. The predicted octanol–water partition coefficient (Wildman–Crippen LogP) is 0.905. The first-order chi connectivity index (χ1) is 9.19. The molecule has 1 aromatic carbocycles. The molecule has 0 unspecified atom stereocenters. The fourth-order valence-electron chi connectivity index (χ4n) is 2.21. The fraction of sp³-hybridized carbons (Fsp3) is 0.385. The Morgan fingerprint density at radius 3 is 3.00 bits per heavy atom. The Morgan fingerprint density at radius 2 is 2.37 bits per heavy atom. The number of nitrogens with zero attached hydrogens (tertiary/aromatic N) is 1. The van der Waals surface area contributed by atoms with Gasteiger partial charge in [0, 0.05) is 6.61 Å². The van der Waals surface area contributed by atoms with E-state index in [9.17, 15) is 9.59 Å². The van der Waals surface area contributed by atoms with Crippen molar-refractivity contribution in [3.8, 4) is 0 Å². The van der Waals surface area contributed by atoms with Crippen molar-refractivity contribution >= 4 is 17.0 Å². The van der Waals surface area contributed by atoms with Crippen LogP contribution in [0.2, 0.25) is 0 Å². The van der Waals surface area contributed by atoms with Crippen molar-refractivity contribution in [2.24, 2.45) is 0 Å². The van der Waals surface area contributed by atoms with Crippen LogP contribution in [0.5, 0.6) is 0 Å². The van der Waals surface area contributed by atoms with Gasteiger partial charge in [0.1, 0.15) is 0 Å². The lowest BCUT2D eigenvalue weighted by Crippen LogP contribution is -2.34. The third kappa shape index (κ3) is 2.04. The van der Waals surface area contributed by atoms with Crippen LogP contribution in [-0.2, 0) is 16.0 Å². The average molecular weight is 262 g/mol. The summed E-state index contributed by atoms with van der Waals surface area (Å²) in [5.41, 5.74) is 1.64. The Kier molecular flexibility index (Phi) is 2.87. The van der Waals surface area contributed by atoms with Gasteiger partial charge in [0.25, 0.3) is 0 Å². The summed E-state index contributed by atoms with van der Waals surface area (Å²) in [7, 11) is 1.33. The molecular formula is C13H14N2O4. The van der Waals surface area contributed by atoms with Gasteiger partial charge in [-0.1, -0.05) is 0 Å². The number of carbonyl (C=O) groups excluding carboxylic acids is 1. The highest BCUT2D eigenvalue weighted by molar-refractivity contribution is 5.93. The molecule has 0 radical (unpaired) electrons. The maximum atomic E-state index is 11.9. The standard InChI is InChI=1S/C13H14N2O4/c1-18-12(16)8-2-3-10-11(6-8)15(13(17)14-10)7-9-4-5-19-9/h2-3,6,9H,4-5,7H2,1H3,(H,14,17)/t9-/m0/s1. The minimum Gasteiger partial charge on any atom is -0.465 e. The predicted molar refractivity (Wildman–Crippen MR) is 68.3 cm³/mol. The number of aromatic nitrogens is 2. The van der Waals surface area contributed by atoms with Crippen molar-refractivity contribution in [1.29, 1.82) is 0 Å². The minimum absolute atomic E-state index is 0.0819. The molecule has 2 aromatic rings. The Hall–Kier alpha value is -2.08. The molecule has 0 amide bonds. The number of hydrogen-bond acceptors (Lipinski definition) is 4. The Morgan fingerprint density at radius 1 is 1.58 bits per heavy atom. The fourth-order valence-corrected chi connectivity index (χ4v) is 2.21. The first-order valence-corrected chi connectivity index (χ1v) is 6.11. The number of carbonyl (C=O) groups is 1. The van der Waals surface area contributed by atoms with E-state index in [1.165, 1.54) is 7.11 Å². The summed E-state index contributed by atoms with van der Waals surface area (Å²) in [6.45, 7) is 1.25. The monoisotopic (exact) mass is 262 g/mol. The van der Waals surface area contributed by atoms with Gasteiger partial charge in [0.2, 0.25) is 0 Å². The second kappa shape index (κ2) is 4.55. The molecule has 1 aliphatic rings. The smallest absolute Gasteiger partial charge is 0.337 e. The summed E-state index contributed by atoms with van der Waals surface area (Å²) in [4.78, 5) is 26.2. The lowest BCUT2D eigenvalue weighted by Gasteiger charge is -2.26. The van der Waals surface area contributed by atoms with E-state index in [0.717, 1.165) is 13.0 Å². The van der Waals surface area contributed by atoms with E-state index < -0.39 is 5.97 Å². The molecule has 0 aliphatic carbocycles. The van der Waals surface area contributed by atoms with Crippen molar-refractivity contribution in [3.63, 3.8) is 0 Å². The summed E-state index contributed by atoms with van der Waals surface area (Å²) < 4.78 is 11.6. The van der Waals surface area contributed by atoms with Crippen LogP contribution >= 0.6 is 0 Å². The number of ether oxygens (including phenoxy) is 2. The zero-order chi connectivity index (χ0) is 13.4. The van der Waals surface area contributed by atoms with Gasteiger partial charge < -0.3 is 14.5 Å². The quantitative estimate of drug-likeness (QED) is 0.834. The van der Waals surface area contributed by atoms with Gasteiger partial charge in [-0.05, 0) is 24.6 Å². The SMILES string of the molecule is COC(=O)c1ccc2[nH]c(=O)n(C[C@@H]3CCO3)c2c1. The van der Waals surface area contributed by atoms with Crippen molar-refractivity contribution in [3.05, 3.63) is 34.2 Å². The molecule has 19 heavy (non-hydrogen) atoms. The Bertz CT molecular complexity index is 681. The number of nitrogens with one attached hydrogen (secondary N) is 1. The molecular weight excluding hydrogens is 248 g/mol. The van der Waals surface area contributed by atoms with Crippen LogP contribution in [0.1, 0.15) is 16.8 Å². The van der Waals surface area contributed by atoms with Crippen LogP contribution in [0.15, 0.2) is 23.0 Å². The van der Waals surface area contributed by atoms with Crippen LogP contribution < -0.4 is 5.69 Å². The van der Waals surface area contributed by atoms with E-state index in [0.29, 0.717) is 23.1 Å². The van der Waals surface area contributed by atoms with Crippen LogP contribution in [0.25, 0.3) is 11.0 Å². The highest BCUT2D eigenvalue weighted by Gasteiger charge is 2.21. The van der Waals surface area contributed by atoms with Gasteiger partial charge in [-0.15, -0.1) is 0 Å². The number of esters is 1. The molecule has 2 heterocycles. The lowest BCUT2D eigenvalue weighted by molar-refractivity contribution is -0.0590. The molecule has 0 bridgehead atoms. The maximum Gasteiger partial charge on any atom is 0.337 e. The molecule has 0 spiro atoms. The molecule has 1 saturated heterocycles. The van der Waals surface area contributed by atoms with Crippen molar-refractivity contribution in [1.82, 2.24) is 9.55 Å². The van der Waals surface area contributed by atoms with Gasteiger partial charge in [0.15, 0.2) is 0 Å². The normalized spacial score (nSPS) is 18.3. The summed E-state index contributed by atoms with van der Waals surface area (Å²) in [5.74, 6) is -0.415. The molecule has 1 aromatic heterocycles. The zero-order valence-electron chi connectivity index (χ0n) is 10.5. The van der Waals surface area contributed by atoms with Crippen LogP contribution in [0.4, 0.5) is 0 Å². The van der Waals surface area contributed by atoms with Gasteiger partial charge in [-0.25, -0.2) is 9.59 Å². The third-order valence-electron chi connectivity index (χ3n) is 3.38. The number of methoxy groups -OCH3 is 1. The molecule has 1 N–H and O–H groups in total. The number of benzene rings is 1. The molecule has 1 atom stereocenters. The number of H-pyrrole nitrogens is 1. The highest BCUT2D eigenvalue weighted by atomic mass is 16.5. The number of aromatic amines is 1. The van der Waals surface area contributed by atoms with Gasteiger partial charge in [-0.3, -0.25) is 4.57 Å². The Balaban J connectivity index is 2.06. The van der Waals surface area contributed by atoms with Crippen LogP contribution in [0, 0.1) is 0 Å². The lowest BCUT2D eigenvalue weighted by atomic mass is 10.1. The second-order valence-electron chi connectivity index (χ2n) is 4.55. The molecule has 1 aliphatic heterocycles. The van der Waals surface area contributed by atoms with Gasteiger partial charge in [0.05, 0.1) is 36.4 Å². The van der Waals surface area contributed by atoms with E-state index in [2.05, 4.69) is 9.72 Å². The maximum absolute atomic E-state index is 11.9. The number of fused-ring (bicyclic) bond motifs is 1. The third-order valence-corrected chi connectivity index (χ3v) is 3.38. The molecule has 100 valence electrons. The van der Waals surface area contributed by atoms with Gasteiger partial charge in [-0.2, -0.15) is 0 Å². The molecule has 6 nitrogen and oxygen atoms in total. The average Bonchev–Trinajstić information content (AvgIpc) is 2.67. The largest absolute Gasteiger partial charge is 0.465 e. The summed E-state index contributed by atoms with van der Waals surface area (Å²) in [5, 5.41) is 0. The molecule has 0 saturated carbocycles. The first kappa shape index (κ1) is 12.0. The van der Waals surface area contributed by atoms with E-state index in [-0.39, 0.29) is 11.8 Å². The van der Waals surface area contributed by atoms with E-state index in [1.807, 2.05) is 0 Å². The van der Waals surface area contributed by atoms with Crippen LogP contribution in [0.3, 0.4) is 0 Å². The van der Waals surface area contributed by atoms with Crippen molar-refractivity contribution in [2.45, 2.75) is 19.1 Å². The summed E-state index contributed by atoms with van der Waals surface area (Å²) >= 11 is 0. The van der Waals surface area contributed by atoms with Crippen molar-refractivity contribution < 1.29 is 14.3 Å². The Labute approximate surface area is 108 Å². The van der Waals surface area contributed by atoms with Crippen LogP contribution in [-0.4, -0.2) is 35.3 Å². The topological polar surface area (TPSA) is 73.3 Å². The second-order valence-corrected chi connectivity index (χ2v) is 4.55. The van der Waals surface area contributed by atoms with Crippen molar-refractivity contribution in [2.75, 3.05) is 13.7 Å². The van der Waals surface area contributed by atoms with Gasteiger partial charge >= 0.3 is 11.7 Å². The first-order valence-electron chi connectivity index (χ1n) is 6.11. The molecule has 1 fully saturated rings. The van der Waals surface area contributed by atoms with E-state index >= 15 is 0 Å². The van der Waals surface area contributed by atoms with E-state index in [1.54, 1.807) is 22.8 Å². The summed E-state index contributed by atoms with van der Waals surface area (Å²) in [6, 6.07) is 5.01.